The van der Waals surface area contributed by atoms with E-state index < -0.39 is 5.60 Å². The molecular formula is C30H39NO4. The number of carbonyl (C=O) groups excluding carboxylic acids is 2. The molecule has 0 saturated heterocycles. The molecule has 1 aromatic heterocycles. The smallest absolute Gasteiger partial charge is 0.338 e. The van der Waals surface area contributed by atoms with Gasteiger partial charge >= 0.3 is 5.97 Å². The van der Waals surface area contributed by atoms with Gasteiger partial charge in [-0.05, 0) is 74.9 Å². The van der Waals surface area contributed by atoms with Crippen LogP contribution in [-0.4, -0.2) is 28.5 Å². The Morgan fingerprint density at radius 1 is 0.886 bits per heavy atom. The maximum Gasteiger partial charge on any atom is 0.338 e. The van der Waals surface area contributed by atoms with Crippen molar-refractivity contribution in [3.63, 3.8) is 0 Å². The molecule has 2 aromatic carbocycles. The quantitative estimate of drug-likeness (QED) is 0.194. The summed E-state index contributed by atoms with van der Waals surface area (Å²) >= 11 is 0. The topological polar surface area (TPSA) is 57.5 Å². The van der Waals surface area contributed by atoms with Crippen LogP contribution in [-0.2, 0) is 22.5 Å². The zero-order valence-electron chi connectivity index (χ0n) is 21.6. The first-order chi connectivity index (χ1) is 16.7. The van der Waals surface area contributed by atoms with Gasteiger partial charge in [0.1, 0.15) is 18.0 Å². The van der Waals surface area contributed by atoms with Crippen LogP contribution in [0.3, 0.4) is 0 Å². The van der Waals surface area contributed by atoms with Crippen molar-refractivity contribution >= 4 is 22.7 Å². The number of fused-ring (bicyclic) bond motifs is 1. The van der Waals surface area contributed by atoms with Crippen molar-refractivity contribution in [3.8, 4) is 5.75 Å². The molecule has 0 N–H and O–H groups in total. The largest absolute Gasteiger partial charge is 0.486 e. The highest BCUT2D eigenvalue weighted by molar-refractivity contribution is 5.95. The van der Waals surface area contributed by atoms with E-state index in [-0.39, 0.29) is 24.9 Å². The van der Waals surface area contributed by atoms with Crippen LogP contribution < -0.4 is 4.74 Å². The number of ether oxygens (including phenoxy) is 2. The first-order valence-corrected chi connectivity index (χ1v) is 12.8. The Labute approximate surface area is 209 Å². The molecule has 5 heteroatoms. The Kier molecular flexibility index (Phi) is 9.53. The Bertz CT molecular complexity index is 1110. The van der Waals surface area contributed by atoms with E-state index in [2.05, 4.69) is 19.1 Å². The minimum Gasteiger partial charge on any atom is -0.486 e. The van der Waals surface area contributed by atoms with Crippen LogP contribution in [0.5, 0.6) is 5.75 Å². The Morgan fingerprint density at radius 3 is 2.31 bits per heavy atom. The van der Waals surface area contributed by atoms with Crippen LogP contribution in [0.4, 0.5) is 0 Å². The van der Waals surface area contributed by atoms with Crippen LogP contribution in [0.25, 0.3) is 10.9 Å². The third-order valence-corrected chi connectivity index (χ3v) is 5.90. The second kappa shape index (κ2) is 12.6. The molecule has 0 bridgehead atoms. The number of carbonyl (C=O) groups is 2. The molecule has 3 aromatic rings. The van der Waals surface area contributed by atoms with Gasteiger partial charge in [-0.3, -0.25) is 4.79 Å². The zero-order chi connectivity index (χ0) is 25.3. The molecular weight excluding hydrogens is 438 g/mol. The number of unbranched alkanes of at least 4 members (excludes halogenated alkanes) is 5. The lowest BCUT2D eigenvalue weighted by molar-refractivity contribution is -0.121. The number of aromatic nitrogens is 1. The average Bonchev–Trinajstić information content (AvgIpc) is 3.21. The van der Waals surface area contributed by atoms with Crippen molar-refractivity contribution in [1.29, 1.82) is 0 Å². The number of hydrogen-bond acceptors (Lipinski definition) is 4. The van der Waals surface area contributed by atoms with E-state index in [4.69, 9.17) is 9.47 Å². The molecule has 0 aliphatic rings. The van der Waals surface area contributed by atoms with E-state index in [1.54, 1.807) is 12.1 Å². The van der Waals surface area contributed by atoms with Gasteiger partial charge < -0.3 is 14.0 Å². The number of esters is 1. The average molecular weight is 478 g/mol. The molecule has 0 saturated carbocycles. The van der Waals surface area contributed by atoms with Crippen LogP contribution >= 0.6 is 0 Å². The molecule has 0 aliphatic carbocycles. The van der Waals surface area contributed by atoms with Crippen LogP contribution in [0, 0.1) is 0 Å². The van der Waals surface area contributed by atoms with Gasteiger partial charge in [0, 0.05) is 11.7 Å². The third kappa shape index (κ3) is 8.57. The summed E-state index contributed by atoms with van der Waals surface area (Å²) in [5.74, 6) is 0.290. The Morgan fingerprint density at radius 2 is 1.60 bits per heavy atom. The monoisotopic (exact) mass is 477 g/mol. The maximum atomic E-state index is 12.6. The van der Waals surface area contributed by atoms with Crippen molar-refractivity contribution in [2.75, 3.05) is 6.61 Å². The normalized spacial score (nSPS) is 11.5. The summed E-state index contributed by atoms with van der Waals surface area (Å²) in [6, 6.07) is 15.4. The molecule has 0 atom stereocenters. The summed E-state index contributed by atoms with van der Waals surface area (Å²) < 4.78 is 13.1. The molecule has 0 radical (unpaired) electrons. The number of ketones is 1. The van der Waals surface area contributed by atoms with Crippen LogP contribution in [0.1, 0.15) is 82.1 Å². The molecule has 3 rings (SSSR count). The van der Waals surface area contributed by atoms with E-state index in [9.17, 15) is 9.59 Å². The minimum absolute atomic E-state index is 0.00219. The standard InChI is InChI=1S/C30H39NO4/c1-5-6-7-8-9-10-11-23-12-16-27(17-13-23)34-22-26(32)21-31-19-18-24-14-15-25(20-28(24)31)29(33)35-30(2,3)4/h12-20H,5-11,21-22H2,1-4H3. The van der Waals surface area contributed by atoms with Crippen molar-refractivity contribution in [3.05, 3.63) is 65.9 Å². The van der Waals surface area contributed by atoms with E-state index in [0.29, 0.717) is 11.3 Å². The van der Waals surface area contributed by atoms with Gasteiger partial charge in [0.15, 0.2) is 5.78 Å². The second-order valence-electron chi connectivity index (χ2n) is 10.2. The lowest BCUT2D eigenvalue weighted by Gasteiger charge is -2.19. The number of hydrogen-bond donors (Lipinski definition) is 0. The molecule has 0 unspecified atom stereocenters. The van der Waals surface area contributed by atoms with Gasteiger partial charge in [0.25, 0.3) is 0 Å². The molecule has 0 amide bonds. The number of Topliss-reactive ketones (excluding diaryl/α,β-unsaturated/α-hetero) is 1. The lowest BCUT2D eigenvalue weighted by Crippen LogP contribution is -2.23. The summed E-state index contributed by atoms with van der Waals surface area (Å²) in [5, 5.41) is 0.965. The van der Waals surface area contributed by atoms with E-state index >= 15 is 0 Å². The first-order valence-electron chi connectivity index (χ1n) is 12.8. The molecule has 1 heterocycles. The van der Waals surface area contributed by atoms with Gasteiger partial charge in [-0.25, -0.2) is 4.79 Å². The lowest BCUT2D eigenvalue weighted by atomic mass is 10.0. The highest BCUT2D eigenvalue weighted by Crippen LogP contribution is 2.21. The number of rotatable bonds is 13. The summed E-state index contributed by atoms with van der Waals surface area (Å²) in [7, 11) is 0. The highest BCUT2D eigenvalue weighted by Gasteiger charge is 2.18. The molecule has 188 valence electrons. The predicted molar refractivity (Wildman–Crippen MR) is 141 cm³/mol. The maximum absolute atomic E-state index is 12.6. The molecule has 0 fully saturated rings. The summed E-state index contributed by atoms with van der Waals surface area (Å²) in [6.45, 7) is 7.94. The van der Waals surface area contributed by atoms with E-state index in [0.717, 1.165) is 17.3 Å². The van der Waals surface area contributed by atoms with Crippen molar-refractivity contribution in [2.45, 2.75) is 84.8 Å². The fourth-order valence-electron chi connectivity index (χ4n) is 4.05. The molecule has 5 nitrogen and oxygen atoms in total. The molecule has 0 aliphatic heterocycles. The van der Waals surface area contributed by atoms with Gasteiger partial charge in [0.05, 0.1) is 12.1 Å². The zero-order valence-corrected chi connectivity index (χ0v) is 21.6. The molecule has 0 spiro atoms. The van der Waals surface area contributed by atoms with Crippen LogP contribution in [0.15, 0.2) is 54.7 Å². The highest BCUT2D eigenvalue weighted by atomic mass is 16.6. The summed E-state index contributed by atoms with van der Waals surface area (Å²) in [5.41, 5.74) is 2.03. The third-order valence-electron chi connectivity index (χ3n) is 5.90. The SMILES string of the molecule is CCCCCCCCc1ccc(OCC(=O)Cn2ccc3ccc(C(=O)OC(C)(C)C)cc32)cc1. The van der Waals surface area contributed by atoms with Gasteiger partial charge in [0.2, 0.25) is 0 Å². The summed E-state index contributed by atoms with van der Waals surface area (Å²) in [6.07, 6.45) is 10.7. The van der Waals surface area contributed by atoms with Crippen LogP contribution in [0.2, 0.25) is 0 Å². The van der Waals surface area contributed by atoms with Crippen molar-refractivity contribution in [1.82, 2.24) is 4.57 Å². The van der Waals surface area contributed by atoms with Gasteiger partial charge in [-0.15, -0.1) is 0 Å². The Balaban J connectivity index is 1.50. The number of nitrogens with zero attached hydrogens (tertiary/aromatic N) is 1. The predicted octanol–water partition coefficient (Wildman–Crippen LogP) is 7.15. The first kappa shape index (κ1) is 26.5. The van der Waals surface area contributed by atoms with Gasteiger partial charge in [-0.2, -0.15) is 0 Å². The fraction of sp³-hybridized carbons (Fsp3) is 0.467. The van der Waals surface area contributed by atoms with Crippen molar-refractivity contribution in [2.24, 2.45) is 0 Å². The second-order valence-corrected chi connectivity index (χ2v) is 10.2. The minimum atomic E-state index is -0.562. The van der Waals surface area contributed by atoms with Crippen molar-refractivity contribution < 1.29 is 19.1 Å². The van der Waals surface area contributed by atoms with Gasteiger partial charge in [-0.1, -0.05) is 57.2 Å². The molecule has 35 heavy (non-hydrogen) atoms. The van der Waals surface area contributed by atoms with E-state index in [1.807, 2.05) is 55.8 Å². The summed E-state index contributed by atoms with van der Waals surface area (Å²) in [4.78, 5) is 25.0. The fourth-order valence-corrected chi connectivity index (χ4v) is 4.05. The Hall–Kier alpha value is -3.08. The number of benzene rings is 2. The van der Waals surface area contributed by atoms with E-state index in [1.165, 1.54) is 44.1 Å². The number of aryl methyl sites for hydroxylation is 1.